The third-order valence-corrected chi connectivity index (χ3v) is 4.70. The van der Waals surface area contributed by atoms with Gasteiger partial charge in [-0.1, -0.05) is 32.6 Å². The zero-order valence-corrected chi connectivity index (χ0v) is 9.93. The zero-order chi connectivity index (χ0) is 11.7. The van der Waals surface area contributed by atoms with Gasteiger partial charge in [-0.3, -0.25) is 4.79 Å². The van der Waals surface area contributed by atoms with Gasteiger partial charge in [-0.25, -0.2) is 0 Å². The Morgan fingerprint density at radius 1 is 1.31 bits per heavy atom. The molecular formula is C13H22O3. The quantitative estimate of drug-likeness (QED) is 0.759. The lowest BCUT2D eigenvalue weighted by Crippen LogP contribution is -2.48. The molecule has 0 heterocycles. The van der Waals surface area contributed by atoms with Gasteiger partial charge in [0, 0.05) is 0 Å². The number of aliphatic hydroxyl groups excluding tert-OH is 1. The van der Waals surface area contributed by atoms with Gasteiger partial charge in [0.25, 0.3) is 0 Å². The van der Waals surface area contributed by atoms with Crippen molar-refractivity contribution in [3.05, 3.63) is 0 Å². The molecule has 2 aliphatic carbocycles. The molecule has 3 nitrogen and oxygen atoms in total. The van der Waals surface area contributed by atoms with Crippen LogP contribution in [0, 0.1) is 23.7 Å². The lowest BCUT2D eigenvalue weighted by Gasteiger charge is -2.45. The zero-order valence-electron chi connectivity index (χ0n) is 9.93. The molecule has 0 saturated heterocycles. The molecule has 2 aliphatic rings. The predicted molar refractivity (Wildman–Crippen MR) is 61.0 cm³/mol. The van der Waals surface area contributed by atoms with Crippen LogP contribution >= 0.6 is 0 Å². The molecule has 2 N–H and O–H groups in total. The molecule has 5 atom stereocenters. The van der Waals surface area contributed by atoms with E-state index in [1.807, 2.05) is 0 Å². The number of rotatable bonds is 2. The number of hydrogen-bond donors (Lipinski definition) is 2. The van der Waals surface area contributed by atoms with Crippen molar-refractivity contribution in [2.75, 3.05) is 0 Å². The Morgan fingerprint density at radius 2 is 2.00 bits per heavy atom. The highest BCUT2D eigenvalue weighted by molar-refractivity contribution is 5.71. The number of hydrogen-bond acceptors (Lipinski definition) is 2. The maximum absolute atomic E-state index is 11.3. The highest BCUT2D eigenvalue weighted by Crippen LogP contribution is 2.46. The first kappa shape index (κ1) is 11.9. The fourth-order valence-corrected chi connectivity index (χ4v) is 3.81. The highest BCUT2D eigenvalue weighted by Gasteiger charge is 2.47. The van der Waals surface area contributed by atoms with Crippen LogP contribution in [0.3, 0.4) is 0 Å². The van der Waals surface area contributed by atoms with E-state index >= 15 is 0 Å². The molecule has 0 amide bonds. The third kappa shape index (κ3) is 1.97. The molecule has 0 aromatic heterocycles. The lowest BCUT2D eigenvalue weighted by atomic mass is 9.60. The minimum atomic E-state index is -0.789. The highest BCUT2D eigenvalue weighted by atomic mass is 16.4. The van der Waals surface area contributed by atoms with E-state index < -0.39 is 18.0 Å². The second-order valence-electron chi connectivity index (χ2n) is 5.47. The van der Waals surface area contributed by atoms with Crippen LogP contribution in [0.4, 0.5) is 0 Å². The molecule has 92 valence electrons. The Bertz CT molecular complexity index is 264. The van der Waals surface area contributed by atoms with Crippen LogP contribution in [0.25, 0.3) is 0 Å². The van der Waals surface area contributed by atoms with Crippen LogP contribution in [0.1, 0.15) is 45.4 Å². The smallest absolute Gasteiger partial charge is 0.309 e. The summed E-state index contributed by atoms with van der Waals surface area (Å²) in [5.41, 5.74) is 0. The molecule has 0 spiro atoms. The average Bonchev–Trinajstić information content (AvgIpc) is 2.27. The van der Waals surface area contributed by atoms with Crippen LogP contribution in [-0.2, 0) is 4.79 Å². The molecule has 2 fully saturated rings. The van der Waals surface area contributed by atoms with Gasteiger partial charge in [-0.2, -0.15) is 0 Å². The fourth-order valence-electron chi connectivity index (χ4n) is 3.81. The summed E-state index contributed by atoms with van der Waals surface area (Å²) in [5, 5.41) is 19.5. The number of aliphatic carboxylic acids is 1. The first-order chi connectivity index (χ1) is 7.65. The number of carboxylic acid groups (broad SMARTS) is 1. The minimum Gasteiger partial charge on any atom is -0.481 e. The first-order valence-corrected chi connectivity index (χ1v) is 6.56. The molecule has 16 heavy (non-hydrogen) atoms. The van der Waals surface area contributed by atoms with Crippen molar-refractivity contribution in [1.82, 2.24) is 0 Å². The molecule has 5 unspecified atom stereocenters. The summed E-state index contributed by atoms with van der Waals surface area (Å²) in [6.07, 6.45) is 5.84. The van der Waals surface area contributed by atoms with Crippen molar-refractivity contribution in [2.24, 2.45) is 23.7 Å². The molecular weight excluding hydrogens is 204 g/mol. The van der Waals surface area contributed by atoms with Crippen molar-refractivity contribution in [3.8, 4) is 0 Å². The van der Waals surface area contributed by atoms with Crippen LogP contribution in [0.2, 0.25) is 0 Å². The van der Waals surface area contributed by atoms with Gasteiger partial charge in [0.2, 0.25) is 0 Å². The standard InChI is InChI=1S/C13H22O3/c1-2-8-7-9-5-3-4-6-10(9)11(12(8)14)13(15)16/h8-12,14H,2-7H2,1H3,(H,15,16). The topological polar surface area (TPSA) is 57.5 Å². The van der Waals surface area contributed by atoms with Crippen LogP contribution in [0.5, 0.6) is 0 Å². The monoisotopic (exact) mass is 226 g/mol. The second-order valence-corrected chi connectivity index (χ2v) is 5.47. The lowest BCUT2D eigenvalue weighted by molar-refractivity contribution is -0.158. The van der Waals surface area contributed by atoms with E-state index in [1.165, 1.54) is 6.42 Å². The molecule has 0 aromatic carbocycles. The van der Waals surface area contributed by atoms with E-state index in [-0.39, 0.29) is 11.8 Å². The molecule has 3 heteroatoms. The molecule has 2 rings (SSSR count). The molecule has 0 bridgehead atoms. The number of fused-ring (bicyclic) bond motifs is 1. The summed E-state index contributed by atoms with van der Waals surface area (Å²) in [6, 6.07) is 0. The Hall–Kier alpha value is -0.570. The Balaban J connectivity index is 2.19. The van der Waals surface area contributed by atoms with Crippen molar-refractivity contribution >= 4 is 5.97 Å². The second kappa shape index (κ2) is 4.74. The minimum absolute atomic E-state index is 0.195. The van der Waals surface area contributed by atoms with Crippen molar-refractivity contribution in [2.45, 2.75) is 51.6 Å². The van der Waals surface area contributed by atoms with Gasteiger partial charge in [0.1, 0.15) is 0 Å². The summed E-state index contributed by atoms with van der Waals surface area (Å²) < 4.78 is 0. The number of carbonyl (C=O) groups is 1. The summed E-state index contributed by atoms with van der Waals surface area (Å²) in [7, 11) is 0. The largest absolute Gasteiger partial charge is 0.481 e. The molecule has 2 saturated carbocycles. The maximum atomic E-state index is 11.3. The SMILES string of the molecule is CCC1CC2CCCCC2C(C(=O)O)C1O. The third-order valence-electron chi connectivity index (χ3n) is 4.70. The van der Waals surface area contributed by atoms with E-state index in [2.05, 4.69) is 6.92 Å². The fraction of sp³-hybridized carbons (Fsp3) is 0.923. The van der Waals surface area contributed by atoms with Crippen molar-refractivity contribution in [1.29, 1.82) is 0 Å². The molecule has 0 radical (unpaired) electrons. The maximum Gasteiger partial charge on any atom is 0.309 e. The summed E-state index contributed by atoms with van der Waals surface area (Å²) >= 11 is 0. The molecule has 0 aromatic rings. The van der Waals surface area contributed by atoms with Crippen molar-refractivity contribution in [3.63, 3.8) is 0 Å². The molecule has 0 aliphatic heterocycles. The Labute approximate surface area is 96.9 Å². The van der Waals surface area contributed by atoms with E-state index in [1.54, 1.807) is 0 Å². The number of aliphatic hydroxyl groups is 1. The van der Waals surface area contributed by atoms with Crippen molar-refractivity contribution < 1.29 is 15.0 Å². The van der Waals surface area contributed by atoms with Gasteiger partial charge < -0.3 is 10.2 Å². The van der Waals surface area contributed by atoms with E-state index in [0.29, 0.717) is 5.92 Å². The van der Waals surface area contributed by atoms with E-state index in [9.17, 15) is 15.0 Å². The van der Waals surface area contributed by atoms with Gasteiger partial charge in [-0.15, -0.1) is 0 Å². The predicted octanol–water partition coefficient (Wildman–Crippen LogP) is 2.28. The van der Waals surface area contributed by atoms with Gasteiger partial charge in [0.05, 0.1) is 12.0 Å². The van der Waals surface area contributed by atoms with Crippen LogP contribution < -0.4 is 0 Å². The normalized spacial score (nSPS) is 43.8. The number of carboxylic acids is 1. The van der Waals surface area contributed by atoms with Crippen LogP contribution in [0.15, 0.2) is 0 Å². The average molecular weight is 226 g/mol. The van der Waals surface area contributed by atoms with Gasteiger partial charge in [0.15, 0.2) is 0 Å². The Kier molecular flexibility index (Phi) is 3.53. The van der Waals surface area contributed by atoms with Crippen LogP contribution in [-0.4, -0.2) is 22.3 Å². The summed E-state index contributed by atoms with van der Waals surface area (Å²) in [6.45, 7) is 2.05. The summed E-state index contributed by atoms with van der Waals surface area (Å²) in [4.78, 5) is 11.3. The first-order valence-electron chi connectivity index (χ1n) is 6.56. The van der Waals surface area contributed by atoms with Gasteiger partial charge in [-0.05, 0) is 30.6 Å². The summed E-state index contributed by atoms with van der Waals surface area (Å²) in [5.74, 6) is -0.334. The van der Waals surface area contributed by atoms with Gasteiger partial charge >= 0.3 is 5.97 Å². The Morgan fingerprint density at radius 3 is 2.62 bits per heavy atom. The van der Waals surface area contributed by atoms with E-state index in [0.717, 1.165) is 32.1 Å². The van der Waals surface area contributed by atoms with E-state index in [4.69, 9.17) is 0 Å².